The minimum atomic E-state index is -2.11. The van der Waals surface area contributed by atoms with E-state index in [1.165, 1.54) is 0 Å². The first kappa shape index (κ1) is 23.9. The minimum absolute atomic E-state index is 0.0153. The predicted octanol–water partition coefficient (Wildman–Crippen LogP) is 5.29. The van der Waals surface area contributed by atoms with E-state index in [4.69, 9.17) is 36.8 Å². The minimum Gasteiger partial charge on any atom is -0.414 e. The molecule has 1 aliphatic rings. The van der Waals surface area contributed by atoms with Crippen molar-refractivity contribution in [2.45, 2.75) is 101 Å². The SMILES string of the molecule is CC(C)(C)[Si](C)(C)OC[C@H]1O[C@@](O)(Cl)[C@@H](Cl)[C@@H]1O[Si](C)(C)C(C)(C)C. The Morgan fingerprint density at radius 1 is 1.00 bits per heavy atom. The summed E-state index contributed by atoms with van der Waals surface area (Å²) in [6.45, 7) is 22.0. The highest BCUT2D eigenvalue weighted by molar-refractivity contribution is 6.74. The summed E-state index contributed by atoms with van der Waals surface area (Å²) < 4.78 is 18.3. The summed E-state index contributed by atoms with van der Waals surface area (Å²) in [7, 11) is -4.06. The lowest BCUT2D eigenvalue weighted by molar-refractivity contribution is -0.136. The molecule has 0 amide bonds. The van der Waals surface area contributed by atoms with Crippen molar-refractivity contribution < 1.29 is 18.7 Å². The zero-order valence-electron chi connectivity index (χ0n) is 17.4. The average Bonchev–Trinajstić information content (AvgIpc) is 2.57. The third-order valence-corrected chi connectivity index (χ3v) is 15.9. The van der Waals surface area contributed by atoms with Crippen LogP contribution in [-0.2, 0) is 13.6 Å². The third kappa shape index (κ3) is 5.44. The summed E-state index contributed by atoms with van der Waals surface area (Å²) in [6.07, 6.45) is -0.997. The lowest BCUT2D eigenvalue weighted by Gasteiger charge is -2.41. The van der Waals surface area contributed by atoms with Gasteiger partial charge in [0.05, 0.1) is 12.7 Å². The largest absolute Gasteiger partial charge is 0.414 e. The lowest BCUT2D eigenvalue weighted by Crippen LogP contribution is -2.50. The van der Waals surface area contributed by atoms with Crippen molar-refractivity contribution in [2.75, 3.05) is 6.61 Å². The van der Waals surface area contributed by atoms with E-state index in [0.29, 0.717) is 6.61 Å². The maximum absolute atomic E-state index is 10.3. The molecule has 150 valence electrons. The van der Waals surface area contributed by atoms with Crippen LogP contribution in [0.25, 0.3) is 0 Å². The maximum Gasteiger partial charge on any atom is 0.266 e. The zero-order valence-corrected chi connectivity index (χ0v) is 20.9. The summed E-state index contributed by atoms with van der Waals surface area (Å²) in [5.74, 6) is 0. The molecule has 1 saturated heterocycles. The Morgan fingerprint density at radius 3 is 1.84 bits per heavy atom. The van der Waals surface area contributed by atoms with Gasteiger partial charge in [0.15, 0.2) is 16.6 Å². The van der Waals surface area contributed by atoms with Gasteiger partial charge in [-0.25, -0.2) is 0 Å². The smallest absolute Gasteiger partial charge is 0.266 e. The summed E-state index contributed by atoms with van der Waals surface area (Å²) >= 11 is 12.5. The monoisotopic (exact) mass is 430 g/mol. The molecule has 0 radical (unpaired) electrons. The summed E-state index contributed by atoms with van der Waals surface area (Å²) in [6, 6.07) is 0. The number of alkyl halides is 2. The molecule has 0 aromatic rings. The average molecular weight is 432 g/mol. The molecule has 1 aliphatic heterocycles. The highest BCUT2D eigenvalue weighted by atomic mass is 35.5. The van der Waals surface area contributed by atoms with Crippen molar-refractivity contribution in [1.82, 2.24) is 0 Å². The second-order valence-electron chi connectivity index (χ2n) is 10.1. The Hall–Kier alpha value is 0.854. The fourth-order valence-corrected chi connectivity index (χ4v) is 4.95. The Morgan fingerprint density at radius 2 is 1.44 bits per heavy atom. The summed E-state index contributed by atoms with van der Waals surface area (Å²) in [5, 5.41) is 7.61. The first-order valence-corrected chi connectivity index (χ1v) is 15.5. The van der Waals surface area contributed by atoms with Crippen LogP contribution in [0.2, 0.25) is 36.3 Å². The Bertz CT molecular complexity index is 470. The van der Waals surface area contributed by atoms with E-state index < -0.39 is 39.5 Å². The Kier molecular flexibility index (Phi) is 7.03. The van der Waals surface area contributed by atoms with Crippen LogP contribution < -0.4 is 0 Å². The van der Waals surface area contributed by atoms with Crippen molar-refractivity contribution in [2.24, 2.45) is 0 Å². The van der Waals surface area contributed by atoms with Gasteiger partial charge in [0.25, 0.3) is 5.25 Å². The predicted molar refractivity (Wildman–Crippen MR) is 111 cm³/mol. The molecule has 1 heterocycles. The van der Waals surface area contributed by atoms with Gasteiger partial charge in [0.1, 0.15) is 11.5 Å². The van der Waals surface area contributed by atoms with Crippen molar-refractivity contribution in [3.05, 3.63) is 0 Å². The molecule has 0 aromatic heterocycles. The van der Waals surface area contributed by atoms with E-state index in [1.807, 2.05) is 0 Å². The molecular weight excluding hydrogens is 395 g/mol. The molecule has 1 rings (SSSR count). The van der Waals surface area contributed by atoms with Crippen molar-refractivity contribution in [3.63, 3.8) is 0 Å². The van der Waals surface area contributed by atoms with Gasteiger partial charge < -0.3 is 18.7 Å². The molecule has 4 atom stereocenters. The molecule has 0 aromatic carbocycles. The highest BCUT2D eigenvalue weighted by Gasteiger charge is 2.56. The fraction of sp³-hybridized carbons (Fsp3) is 1.00. The molecule has 0 aliphatic carbocycles. The molecule has 0 bridgehead atoms. The zero-order chi connectivity index (χ0) is 20.1. The van der Waals surface area contributed by atoms with Gasteiger partial charge in [0, 0.05) is 0 Å². The molecule has 1 fully saturated rings. The number of ether oxygens (including phenoxy) is 1. The first-order chi connectivity index (χ1) is 10.8. The number of halogens is 2. The van der Waals surface area contributed by atoms with E-state index >= 15 is 0 Å². The number of aliphatic hydroxyl groups is 1. The van der Waals surface area contributed by atoms with E-state index in [2.05, 4.69) is 67.7 Å². The van der Waals surface area contributed by atoms with Gasteiger partial charge in [-0.05, 0) is 36.3 Å². The molecule has 1 N–H and O–H groups in total. The first-order valence-electron chi connectivity index (χ1n) is 8.87. The molecule has 0 saturated carbocycles. The second-order valence-corrected chi connectivity index (χ2v) is 20.7. The topological polar surface area (TPSA) is 47.9 Å². The van der Waals surface area contributed by atoms with E-state index in [-0.39, 0.29) is 10.1 Å². The van der Waals surface area contributed by atoms with Gasteiger partial charge in [-0.2, -0.15) is 0 Å². The van der Waals surface area contributed by atoms with Crippen molar-refractivity contribution in [3.8, 4) is 0 Å². The van der Waals surface area contributed by atoms with Crippen LogP contribution >= 0.6 is 23.2 Å². The third-order valence-electron chi connectivity index (χ3n) is 5.96. The van der Waals surface area contributed by atoms with E-state index in [0.717, 1.165) is 0 Å². The van der Waals surface area contributed by atoms with Crippen LogP contribution in [0.3, 0.4) is 0 Å². The van der Waals surface area contributed by atoms with Crippen LogP contribution in [0.4, 0.5) is 0 Å². The van der Waals surface area contributed by atoms with Crippen LogP contribution in [-0.4, -0.2) is 51.2 Å². The highest BCUT2D eigenvalue weighted by Crippen LogP contribution is 2.44. The van der Waals surface area contributed by atoms with Crippen LogP contribution in [0.5, 0.6) is 0 Å². The van der Waals surface area contributed by atoms with Gasteiger partial charge in [-0.1, -0.05) is 53.1 Å². The van der Waals surface area contributed by atoms with Crippen LogP contribution in [0, 0.1) is 0 Å². The van der Waals surface area contributed by atoms with Crippen molar-refractivity contribution >= 4 is 39.8 Å². The standard InChI is InChI=1S/C17H36Cl2O4Si2/c1-15(2,3)24(7,8)21-11-12-13(14(18)17(19,20)22-12)23-25(9,10)16(4,5)6/h12-14,20H,11H2,1-10H3/t12-,13-,14+,17-/m1/s1. The van der Waals surface area contributed by atoms with Gasteiger partial charge in [0.2, 0.25) is 0 Å². The molecule has 8 heteroatoms. The lowest BCUT2D eigenvalue weighted by atomic mass is 10.2. The van der Waals surface area contributed by atoms with Crippen molar-refractivity contribution in [1.29, 1.82) is 0 Å². The van der Waals surface area contributed by atoms with E-state index in [1.54, 1.807) is 0 Å². The molecule has 0 unspecified atom stereocenters. The summed E-state index contributed by atoms with van der Waals surface area (Å²) in [4.78, 5) is 0. The number of hydrogen-bond donors (Lipinski definition) is 1. The maximum atomic E-state index is 10.3. The normalized spacial score (nSPS) is 32.3. The second kappa shape index (κ2) is 7.35. The quantitative estimate of drug-likeness (QED) is 0.475. The molecule has 4 nitrogen and oxygen atoms in total. The Balaban J connectivity index is 2.97. The summed E-state index contributed by atoms with van der Waals surface area (Å²) in [5.41, 5.74) is 0. The molecule has 0 spiro atoms. The van der Waals surface area contributed by atoms with Crippen LogP contribution in [0.1, 0.15) is 41.5 Å². The Labute approximate surface area is 165 Å². The van der Waals surface area contributed by atoms with Crippen LogP contribution in [0.15, 0.2) is 0 Å². The number of hydrogen-bond acceptors (Lipinski definition) is 4. The van der Waals surface area contributed by atoms with Gasteiger partial charge in [-0.3, -0.25) is 0 Å². The molecule has 25 heavy (non-hydrogen) atoms. The van der Waals surface area contributed by atoms with E-state index in [9.17, 15) is 5.11 Å². The van der Waals surface area contributed by atoms with Gasteiger partial charge >= 0.3 is 0 Å². The van der Waals surface area contributed by atoms with Gasteiger partial charge in [-0.15, -0.1) is 11.6 Å². The number of rotatable bonds is 5. The fourth-order valence-electron chi connectivity index (χ4n) is 2.02. The molecular formula is C17H36Cl2O4Si2.